The van der Waals surface area contributed by atoms with Crippen molar-refractivity contribution in [3.63, 3.8) is 0 Å². The van der Waals surface area contributed by atoms with Crippen LogP contribution in [0.3, 0.4) is 0 Å². The van der Waals surface area contributed by atoms with Gasteiger partial charge in [-0.2, -0.15) is 0 Å². The van der Waals surface area contributed by atoms with E-state index < -0.39 is 0 Å². The van der Waals surface area contributed by atoms with Gasteiger partial charge < -0.3 is 5.73 Å². The SMILES string of the molecule is Cc1cnc(N)nc1Sc1cccs1. The van der Waals surface area contributed by atoms with Crippen LogP contribution in [0.4, 0.5) is 5.95 Å². The Bertz CT molecular complexity index is 426. The third-order valence-electron chi connectivity index (χ3n) is 1.64. The molecule has 0 spiro atoms. The first-order chi connectivity index (χ1) is 6.75. The van der Waals surface area contributed by atoms with Crippen LogP contribution in [0.15, 0.2) is 32.9 Å². The lowest BCUT2D eigenvalue weighted by Crippen LogP contribution is -1.96. The predicted octanol–water partition coefficient (Wildman–Crippen LogP) is 2.58. The first-order valence-electron chi connectivity index (χ1n) is 4.06. The molecule has 0 aliphatic carbocycles. The van der Waals surface area contributed by atoms with Crippen molar-refractivity contribution in [2.24, 2.45) is 0 Å². The van der Waals surface area contributed by atoms with Crippen LogP contribution in [0, 0.1) is 6.92 Å². The molecule has 0 radical (unpaired) electrons. The van der Waals surface area contributed by atoms with Crippen LogP contribution in [0.2, 0.25) is 0 Å². The van der Waals surface area contributed by atoms with Crippen LogP contribution in [0.1, 0.15) is 5.56 Å². The van der Waals surface area contributed by atoms with Crippen molar-refractivity contribution >= 4 is 29.0 Å². The molecule has 3 nitrogen and oxygen atoms in total. The number of hydrogen-bond acceptors (Lipinski definition) is 5. The molecule has 0 bridgehead atoms. The van der Waals surface area contributed by atoms with E-state index in [1.807, 2.05) is 18.4 Å². The highest BCUT2D eigenvalue weighted by Crippen LogP contribution is 2.31. The maximum atomic E-state index is 5.52. The number of aryl methyl sites for hydroxylation is 1. The molecule has 0 fully saturated rings. The van der Waals surface area contributed by atoms with Crippen LogP contribution < -0.4 is 5.73 Å². The second-order valence-electron chi connectivity index (χ2n) is 2.75. The average Bonchev–Trinajstić information content (AvgIpc) is 2.64. The monoisotopic (exact) mass is 223 g/mol. The predicted molar refractivity (Wildman–Crippen MR) is 59.6 cm³/mol. The Morgan fingerprint density at radius 1 is 1.50 bits per heavy atom. The molecule has 14 heavy (non-hydrogen) atoms. The molecular weight excluding hydrogens is 214 g/mol. The lowest BCUT2D eigenvalue weighted by atomic mass is 10.4. The fourth-order valence-corrected chi connectivity index (χ4v) is 2.69. The number of nitrogens with two attached hydrogens (primary N) is 1. The van der Waals surface area contributed by atoms with Crippen molar-refractivity contribution in [2.45, 2.75) is 16.2 Å². The fourth-order valence-electron chi connectivity index (χ4n) is 0.959. The lowest BCUT2D eigenvalue weighted by molar-refractivity contribution is 1.02. The zero-order valence-corrected chi connectivity index (χ0v) is 9.23. The molecule has 2 aromatic heterocycles. The first kappa shape index (κ1) is 9.48. The fraction of sp³-hybridized carbons (Fsp3) is 0.111. The zero-order valence-electron chi connectivity index (χ0n) is 7.60. The summed E-state index contributed by atoms with van der Waals surface area (Å²) in [5, 5.41) is 2.97. The van der Waals surface area contributed by atoms with E-state index in [1.54, 1.807) is 29.3 Å². The highest BCUT2D eigenvalue weighted by molar-refractivity contribution is 8.01. The summed E-state index contributed by atoms with van der Waals surface area (Å²) in [6, 6.07) is 4.08. The zero-order chi connectivity index (χ0) is 9.97. The number of nitrogens with zero attached hydrogens (tertiary/aromatic N) is 2. The molecule has 2 heterocycles. The summed E-state index contributed by atoms with van der Waals surface area (Å²) in [6.07, 6.45) is 1.75. The minimum Gasteiger partial charge on any atom is -0.368 e. The summed E-state index contributed by atoms with van der Waals surface area (Å²) >= 11 is 3.32. The average molecular weight is 223 g/mol. The van der Waals surface area contributed by atoms with E-state index in [2.05, 4.69) is 16.0 Å². The molecular formula is C9H9N3S2. The van der Waals surface area contributed by atoms with Gasteiger partial charge in [-0.3, -0.25) is 0 Å². The van der Waals surface area contributed by atoms with E-state index in [1.165, 1.54) is 4.21 Å². The second kappa shape index (κ2) is 3.98. The van der Waals surface area contributed by atoms with E-state index in [9.17, 15) is 0 Å². The summed E-state index contributed by atoms with van der Waals surface area (Å²) in [5.41, 5.74) is 6.58. The van der Waals surface area contributed by atoms with Crippen LogP contribution in [0.25, 0.3) is 0 Å². The first-order valence-corrected chi connectivity index (χ1v) is 5.76. The van der Waals surface area contributed by atoms with Gasteiger partial charge in [-0.25, -0.2) is 9.97 Å². The Morgan fingerprint density at radius 2 is 2.36 bits per heavy atom. The Kier molecular flexibility index (Phi) is 2.69. The van der Waals surface area contributed by atoms with Crippen LogP contribution >= 0.6 is 23.1 Å². The van der Waals surface area contributed by atoms with Crippen molar-refractivity contribution in [1.29, 1.82) is 0 Å². The van der Waals surface area contributed by atoms with Gasteiger partial charge in [-0.1, -0.05) is 17.8 Å². The summed E-state index contributed by atoms with van der Waals surface area (Å²) < 4.78 is 1.21. The summed E-state index contributed by atoms with van der Waals surface area (Å²) in [4.78, 5) is 8.11. The summed E-state index contributed by atoms with van der Waals surface area (Å²) in [5.74, 6) is 0.328. The molecule has 5 heteroatoms. The van der Waals surface area contributed by atoms with E-state index in [4.69, 9.17) is 5.73 Å². The largest absolute Gasteiger partial charge is 0.368 e. The van der Waals surface area contributed by atoms with Gasteiger partial charge in [-0.05, 0) is 18.4 Å². The Balaban J connectivity index is 2.28. The minimum atomic E-state index is 0.328. The van der Waals surface area contributed by atoms with Crippen molar-refractivity contribution in [2.75, 3.05) is 5.73 Å². The number of aromatic nitrogens is 2. The van der Waals surface area contributed by atoms with Gasteiger partial charge in [0.05, 0.1) is 4.21 Å². The molecule has 0 atom stereocenters. The smallest absolute Gasteiger partial charge is 0.221 e. The Hall–Kier alpha value is -1.07. The van der Waals surface area contributed by atoms with E-state index in [0.29, 0.717) is 5.95 Å². The molecule has 72 valence electrons. The summed E-state index contributed by atoms with van der Waals surface area (Å²) in [7, 11) is 0. The topological polar surface area (TPSA) is 51.8 Å². The van der Waals surface area contributed by atoms with Crippen LogP contribution in [-0.4, -0.2) is 9.97 Å². The van der Waals surface area contributed by atoms with Gasteiger partial charge in [-0.15, -0.1) is 11.3 Å². The molecule has 0 saturated carbocycles. The maximum absolute atomic E-state index is 5.52. The van der Waals surface area contributed by atoms with Gasteiger partial charge in [0, 0.05) is 11.8 Å². The number of thiophene rings is 1. The van der Waals surface area contributed by atoms with Crippen LogP contribution in [0.5, 0.6) is 0 Å². The van der Waals surface area contributed by atoms with Gasteiger partial charge in [0.15, 0.2) is 0 Å². The van der Waals surface area contributed by atoms with E-state index in [0.717, 1.165) is 10.6 Å². The molecule has 0 aliphatic rings. The quantitative estimate of drug-likeness (QED) is 0.795. The normalized spacial score (nSPS) is 10.4. The third kappa shape index (κ3) is 2.05. The molecule has 0 aliphatic heterocycles. The number of rotatable bonds is 2. The van der Waals surface area contributed by atoms with E-state index in [-0.39, 0.29) is 0 Å². The molecule has 0 saturated heterocycles. The molecule has 2 rings (SSSR count). The Labute approximate surface area is 90.4 Å². The number of hydrogen-bond donors (Lipinski definition) is 1. The van der Waals surface area contributed by atoms with Crippen molar-refractivity contribution in [1.82, 2.24) is 9.97 Å². The van der Waals surface area contributed by atoms with Crippen molar-refractivity contribution in [3.05, 3.63) is 29.3 Å². The number of nitrogen functional groups attached to an aromatic ring is 1. The molecule has 0 amide bonds. The highest BCUT2D eigenvalue weighted by Gasteiger charge is 2.04. The number of anilines is 1. The molecule has 2 N–H and O–H groups in total. The van der Waals surface area contributed by atoms with Gasteiger partial charge >= 0.3 is 0 Å². The second-order valence-corrected chi connectivity index (χ2v) is 4.99. The van der Waals surface area contributed by atoms with Gasteiger partial charge in [0.1, 0.15) is 5.03 Å². The van der Waals surface area contributed by atoms with Crippen molar-refractivity contribution < 1.29 is 0 Å². The van der Waals surface area contributed by atoms with E-state index >= 15 is 0 Å². The maximum Gasteiger partial charge on any atom is 0.221 e. The van der Waals surface area contributed by atoms with Gasteiger partial charge in [0.25, 0.3) is 0 Å². The highest BCUT2D eigenvalue weighted by atomic mass is 32.2. The molecule has 0 aromatic carbocycles. The summed E-state index contributed by atoms with van der Waals surface area (Å²) in [6.45, 7) is 1.98. The lowest BCUT2D eigenvalue weighted by Gasteiger charge is -2.02. The third-order valence-corrected chi connectivity index (χ3v) is 3.78. The standard InChI is InChI=1S/C9H9N3S2/c1-6-5-11-9(10)12-8(6)14-7-3-2-4-13-7/h2-5H,1H3,(H2,10,11,12). The Morgan fingerprint density at radius 3 is 3.07 bits per heavy atom. The van der Waals surface area contributed by atoms with Gasteiger partial charge in [0.2, 0.25) is 5.95 Å². The van der Waals surface area contributed by atoms with Crippen LogP contribution in [-0.2, 0) is 0 Å². The molecule has 0 unspecified atom stereocenters. The van der Waals surface area contributed by atoms with Crippen molar-refractivity contribution in [3.8, 4) is 0 Å². The minimum absolute atomic E-state index is 0.328. The molecule has 2 aromatic rings.